The van der Waals surface area contributed by atoms with Crippen LogP contribution in [0.2, 0.25) is 5.02 Å². The summed E-state index contributed by atoms with van der Waals surface area (Å²) in [4.78, 5) is 24.8. The molecule has 1 aromatic heterocycles. The predicted molar refractivity (Wildman–Crippen MR) is 98.5 cm³/mol. The number of hydrogen-bond donors (Lipinski definition) is 1. The molecule has 0 spiro atoms. The fraction of sp³-hybridized carbons (Fsp3) is 0.562. The van der Waals surface area contributed by atoms with Crippen molar-refractivity contribution in [3.8, 4) is 0 Å². The van der Waals surface area contributed by atoms with E-state index in [1.54, 1.807) is 19.0 Å². The van der Waals surface area contributed by atoms with E-state index in [0.29, 0.717) is 45.1 Å². The minimum Gasteiger partial charge on any atom is -0.369 e. The average molecular weight is 407 g/mol. The van der Waals surface area contributed by atoms with E-state index in [1.165, 1.54) is 6.34 Å². The van der Waals surface area contributed by atoms with E-state index in [1.807, 2.05) is 4.90 Å². The minimum absolute atomic E-state index is 0.00991. The van der Waals surface area contributed by atoms with E-state index in [-0.39, 0.29) is 5.02 Å². The van der Waals surface area contributed by atoms with Crippen molar-refractivity contribution in [2.24, 2.45) is 4.99 Å². The van der Waals surface area contributed by atoms with Gasteiger partial charge in [-0.1, -0.05) is 11.6 Å². The largest absolute Gasteiger partial charge is 0.417 e. The van der Waals surface area contributed by atoms with Gasteiger partial charge in [0.2, 0.25) is 0 Å². The summed E-state index contributed by atoms with van der Waals surface area (Å²) in [5, 5.41) is 2.69. The van der Waals surface area contributed by atoms with Crippen LogP contribution in [-0.4, -0.2) is 80.5 Å². The van der Waals surface area contributed by atoms with Crippen molar-refractivity contribution in [2.75, 3.05) is 58.3 Å². The Morgan fingerprint density at radius 3 is 2.59 bits per heavy atom. The predicted octanol–water partition coefficient (Wildman–Crippen LogP) is 2.18. The molecule has 1 aliphatic rings. The van der Waals surface area contributed by atoms with Crippen molar-refractivity contribution in [1.29, 1.82) is 0 Å². The zero-order valence-corrected chi connectivity index (χ0v) is 15.9. The normalized spacial score (nSPS) is 16.0. The van der Waals surface area contributed by atoms with Crippen LogP contribution in [0.5, 0.6) is 0 Å². The molecule has 0 unspecified atom stereocenters. The van der Waals surface area contributed by atoms with Gasteiger partial charge in [0.1, 0.15) is 5.82 Å². The number of piperazine rings is 1. The molecule has 2 rings (SSSR count). The maximum Gasteiger partial charge on any atom is 0.417 e. The molecule has 1 saturated heterocycles. The van der Waals surface area contributed by atoms with Gasteiger partial charge < -0.3 is 15.1 Å². The molecule has 1 aromatic rings. The van der Waals surface area contributed by atoms with Crippen molar-refractivity contribution in [3.63, 3.8) is 0 Å². The lowest BCUT2D eigenvalue weighted by atomic mass is 10.2. The van der Waals surface area contributed by atoms with Crippen molar-refractivity contribution >= 4 is 29.8 Å². The standard InChI is InChI=1S/C16H22ClF3N6O/c1-24(2)11-23-15(27)21-3-4-25-5-7-26(8-6-25)14-13(17)9-12(10-22-14)16(18,19)20/h9-11H,3-8H2,1-2H3,(H,21,27). The summed E-state index contributed by atoms with van der Waals surface area (Å²) in [6.45, 7) is 3.68. The summed E-state index contributed by atoms with van der Waals surface area (Å²) >= 11 is 5.99. The maximum atomic E-state index is 12.7. The first kappa shape index (κ1) is 21.2. The third kappa shape index (κ3) is 6.55. The van der Waals surface area contributed by atoms with Gasteiger partial charge in [0.05, 0.1) is 16.9 Å². The molecule has 150 valence electrons. The zero-order valence-electron chi connectivity index (χ0n) is 15.1. The lowest BCUT2D eigenvalue weighted by Gasteiger charge is -2.35. The molecule has 2 heterocycles. The van der Waals surface area contributed by atoms with Crippen molar-refractivity contribution in [3.05, 3.63) is 22.8 Å². The Morgan fingerprint density at radius 1 is 1.37 bits per heavy atom. The van der Waals surface area contributed by atoms with E-state index in [0.717, 1.165) is 12.3 Å². The number of carbonyl (C=O) groups excluding carboxylic acids is 1. The fourth-order valence-electron chi connectivity index (χ4n) is 2.54. The number of aromatic nitrogens is 1. The molecule has 1 aliphatic heterocycles. The molecule has 1 N–H and O–H groups in total. The Kier molecular flexibility index (Phi) is 7.25. The van der Waals surface area contributed by atoms with Gasteiger partial charge in [-0.3, -0.25) is 4.90 Å². The lowest BCUT2D eigenvalue weighted by molar-refractivity contribution is -0.137. The molecule has 0 radical (unpaired) electrons. The van der Waals surface area contributed by atoms with Gasteiger partial charge in [0, 0.05) is 59.6 Å². The van der Waals surface area contributed by atoms with Gasteiger partial charge in [-0.2, -0.15) is 18.2 Å². The number of alkyl halides is 3. The molecule has 1 fully saturated rings. The van der Waals surface area contributed by atoms with E-state index in [2.05, 4.69) is 20.2 Å². The Morgan fingerprint density at radius 2 is 2.04 bits per heavy atom. The number of pyridine rings is 1. The highest BCUT2D eigenvalue weighted by atomic mass is 35.5. The molecule has 0 aromatic carbocycles. The van der Waals surface area contributed by atoms with E-state index in [9.17, 15) is 18.0 Å². The SMILES string of the molecule is CN(C)C=NC(=O)NCCN1CCN(c2ncc(C(F)(F)F)cc2Cl)CC1. The Hall–Kier alpha value is -2.07. The third-order valence-electron chi connectivity index (χ3n) is 3.93. The van der Waals surface area contributed by atoms with Gasteiger partial charge in [0.25, 0.3) is 0 Å². The summed E-state index contributed by atoms with van der Waals surface area (Å²) in [6, 6.07) is 0.503. The molecule has 2 amide bonds. The van der Waals surface area contributed by atoms with Gasteiger partial charge in [-0.15, -0.1) is 0 Å². The number of nitrogens with zero attached hydrogens (tertiary/aromatic N) is 5. The average Bonchev–Trinajstić information content (AvgIpc) is 2.60. The molecule has 0 atom stereocenters. The first-order valence-corrected chi connectivity index (χ1v) is 8.73. The van der Waals surface area contributed by atoms with Gasteiger partial charge in [0.15, 0.2) is 0 Å². The highest BCUT2D eigenvalue weighted by Crippen LogP contribution is 2.33. The zero-order chi connectivity index (χ0) is 20.0. The number of nitrogens with one attached hydrogen (secondary N) is 1. The summed E-state index contributed by atoms with van der Waals surface area (Å²) in [5.74, 6) is 0.357. The van der Waals surface area contributed by atoms with E-state index < -0.39 is 17.8 Å². The number of carbonyl (C=O) groups is 1. The van der Waals surface area contributed by atoms with Crippen LogP contribution in [0, 0.1) is 0 Å². The molecule has 0 saturated carbocycles. The second-order valence-electron chi connectivity index (χ2n) is 6.30. The van der Waals surface area contributed by atoms with Crippen LogP contribution in [0.15, 0.2) is 17.3 Å². The van der Waals surface area contributed by atoms with Crippen molar-refractivity contribution in [1.82, 2.24) is 20.1 Å². The highest BCUT2D eigenvalue weighted by Gasteiger charge is 2.32. The summed E-state index contributed by atoms with van der Waals surface area (Å²) < 4.78 is 38.1. The van der Waals surface area contributed by atoms with Crippen molar-refractivity contribution < 1.29 is 18.0 Å². The smallest absolute Gasteiger partial charge is 0.369 e. The number of aliphatic imine (C=N–C) groups is 1. The van der Waals surface area contributed by atoms with E-state index in [4.69, 9.17) is 11.6 Å². The molecule has 7 nitrogen and oxygen atoms in total. The third-order valence-corrected chi connectivity index (χ3v) is 4.21. The number of rotatable bonds is 5. The second-order valence-corrected chi connectivity index (χ2v) is 6.70. The number of anilines is 1. The fourth-order valence-corrected chi connectivity index (χ4v) is 2.82. The number of hydrogen-bond acceptors (Lipinski definition) is 4. The minimum atomic E-state index is -4.46. The van der Waals surface area contributed by atoms with Gasteiger partial charge in [-0.05, 0) is 6.07 Å². The second kappa shape index (κ2) is 9.23. The molecule has 0 bridgehead atoms. The first-order chi connectivity index (χ1) is 12.7. The maximum absolute atomic E-state index is 12.7. The van der Waals surface area contributed by atoms with Crippen LogP contribution < -0.4 is 10.2 Å². The molecule has 27 heavy (non-hydrogen) atoms. The molecular weight excluding hydrogens is 385 g/mol. The van der Waals surface area contributed by atoms with Gasteiger partial charge in [-0.25, -0.2) is 9.78 Å². The van der Waals surface area contributed by atoms with Crippen LogP contribution in [-0.2, 0) is 6.18 Å². The van der Waals surface area contributed by atoms with Crippen LogP contribution in [0.1, 0.15) is 5.56 Å². The molecule has 11 heteroatoms. The van der Waals surface area contributed by atoms with Crippen LogP contribution in [0.25, 0.3) is 0 Å². The lowest BCUT2D eigenvalue weighted by Crippen LogP contribution is -2.48. The summed E-state index contributed by atoms with van der Waals surface area (Å²) in [6.07, 6.45) is -2.23. The topological polar surface area (TPSA) is 64.1 Å². The number of urea groups is 1. The monoisotopic (exact) mass is 406 g/mol. The summed E-state index contributed by atoms with van der Waals surface area (Å²) in [7, 11) is 3.54. The number of halogens is 4. The van der Waals surface area contributed by atoms with Crippen molar-refractivity contribution in [2.45, 2.75) is 6.18 Å². The Labute approximate surface area is 160 Å². The van der Waals surface area contributed by atoms with Crippen LogP contribution in [0.4, 0.5) is 23.8 Å². The Balaban J connectivity index is 1.79. The van der Waals surface area contributed by atoms with Crippen LogP contribution >= 0.6 is 11.6 Å². The van der Waals surface area contributed by atoms with Crippen LogP contribution in [0.3, 0.4) is 0 Å². The van der Waals surface area contributed by atoms with Gasteiger partial charge >= 0.3 is 12.2 Å². The highest BCUT2D eigenvalue weighted by molar-refractivity contribution is 6.33. The number of amides is 2. The molecule has 0 aliphatic carbocycles. The Bertz CT molecular complexity index is 675. The quantitative estimate of drug-likeness (QED) is 0.600. The summed E-state index contributed by atoms with van der Waals surface area (Å²) in [5.41, 5.74) is -0.859. The first-order valence-electron chi connectivity index (χ1n) is 8.35. The van der Waals surface area contributed by atoms with E-state index >= 15 is 0 Å². The molecular formula is C16H22ClF3N6O.